The van der Waals surface area contributed by atoms with E-state index in [9.17, 15) is 0 Å². The summed E-state index contributed by atoms with van der Waals surface area (Å²) in [5, 5.41) is 3.73. The lowest BCUT2D eigenvalue weighted by Crippen LogP contribution is -2.56. The van der Waals surface area contributed by atoms with Gasteiger partial charge in [-0.2, -0.15) is 0 Å². The van der Waals surface area contributed by atoms with Crippen molar-refractivity contribution in [1.82, 2.24) is 10.2 Å². The molecule has 0 spiro atoms. The summed E-state index contributed by atoms with van der Waals surface area (Å²) in [4.78, 5) is 2.61. The lowest BCUT2D eigenvalue weighted by atomic mass is 9.96. The van der Waals surface area contributed by atoms with Gasteiger partial charge in [0, 0.05) is 25.7 Å². The predicted octanol–water partition coefficient (Wildman–Crippen LogP) is 2.65. The number of hydrogen-bond acceptors (Lipinski definition) is 3. The topological polar surface area (TPSA) is 24.5 Å². The van der Waals surface area contributed by atoms with Gasteiger partial charge >= 0.3 is 0 Å². The van der Waals surface area contributed by atoms with Crippen molar-refractivity contribution in [3.05, 3.63) is 0 Å². The molecule has 19 heavy (non-hydrogen) atoms. The van der Waals surface area contributed by atoms with Crippen molar-refractivity contribution in [2.24, 2.45) is 5.92 Å². The van der Waals surface area contributed by atoms with Crippen molar-refractivity contribution >= 4 is 0 Å². The van der Waals surface area contributed by atoms with E-state index in [2.05, 4.69) is 37.9 Å². The van der Waals surface area contributed by atoms with Crippen molar-refractivity contribution in [2.45, 2.75) is 71.1 Å². The van der Waals surface area contributed by atoms with Gasteiger partial charge in [-0.15, -0.1) is 0 Å². The zero-order valence-corrected chi connectivity index (χ0v) is 13.2. The van der Waals surface area contributed by atoms with Gasteiger partial charge in [-0.25, -0.2) is 0 Å². The Kier molecular flexibility index (Phi) is 5.27. The Hall–Kier alpha value is -0.120. The van der Waals surface area contributed by atoms with Crippen molar-refractivity contribution in [1.29, 1.82) is 0 Å². The normalized spacial score (nSPS) is 30.6. The second-order valence-electron chi connectivity index (χ2n) is 7.09. The van der Waals surface area contributed by atoms with E-state index in [0.717, 1.165) is 25.6 Å². The maximum absolute atomic E-state index is 6.01. The minimum atomic E-state index is 0.00407. The Bertz CT molecular complexity index is 274. The second-order valence-corrected chi connectivity index (χ2v) is 7.09. The summed E-state index contributed by atoms with van der Waals surface area (Å²) in [7, 11) is 0. The number of likely N-dealkylation sites (N-methyl/N-ethyl adjacent to an activating group) is 1. The minimum absolute atomic E-state index is 0.00407. The highest BCUT2D eigenvalue weighted by Crippen LogP contribution is 2.29. The summed E-state index contributed by atoms with van der Waals surface area (Å²) >= 11 is 0. The predicted molar refractivity (Wildman–Crippen MR) is 80.5 cm³/mol. The van der Waals surface area contributed by atoms with Gasteiger partial charge in [0.2, 0.25) is 0 Å². The fraction of sp³-hybridized carbons (Fsp3) is 1.00. The smallest absolute Gasteiger partial charge is 0.0757 e. The number of ether oxygens (including phenoxy) is 1. The van der Waals surface area contributed by atoms with Gasteiger partial charge in [0.1, 0.15) is 0 Å². The lowest BCUT2D eigenvalue weighted by Gasteiger charge is -2.43. The Morgan fingerprint density at radius 3 is 2.58 bits per heavy atom. The first kappa shape index (κ1) is 15.3. The minimum Gasteiger partial charge on any atom is -0.370 e. The third-order valence-electron chi connectivity index (χ3n) is 4.53. The zero-order chi connectivity index (χ0) is 13.9. The van der Waals surface area contributed by atoms with Crippen LogP contribution in [0.25, 0.3) is 0 Å². The van der Waals surface area contributed by atoms with E-state index < -0.39 is 0 Å². The fourth-order valence-corrected chi connectivity index (χ4v) is 4.01. The van der Waals surface area contributed by atoms with Gasteiger partial charge in [0.15, 0.2) is 0 Å². The van der Waals surface area contributed by atoms with Crippen LogP contribution in [0.1, 0.15) is 53.4 Å². The van der Waals surface area contributed by atoms with Crippen LogP contribution in [0.3, 0.4) is 0 Å². The van der Waals surface area contributed by atoms with Crippen molar-refractivity contribution in [2.75, 3.05) is 26.2 Å². The molecule has 1 N–H and O–H groups in total. The molecule has 2 atom stereocenters. The van der Waals surface area contributed by atoms with Gasteiger partial charge in [-0.05, 0) is 46.1 Å². The van der Waals surface area contributed by atoms with Crippen LogP contribution in [0.2, 0.25) is 0 Å². The van der Waals surface area contributed by atoms with Crippen LogP contribution in [0, 0.1) is 5.92 Å². The van der Waals surface area contributed by atoms with Gasteiger partial charge in [-0.3, -0.25) is 4.90 Å². The standard InChI is InChI=1S/C16H32N2O/c1-5-17-15(14-8-6-7-9-14)11-18-10-13(2)19-16(3,4)12-18/h13-15,17H,5-12H2,1-4H3. The molecule has 0 aromatic carbocycles. The fourth-order valence-electron chi connectivity index (χ4n) is 4.01. The molecule has 1 aliphatic heterocycles. The van der Waals surface area contributed by atoms with Crippen LogP contribution < -0.4 is 5.32 Å². The maximum Gasteiger partial charge on any atom is 0.0757 e. The zero-order valence-electron chi connectivity index (χ0n) is 13.2. The van der Waals surface area contributed by atoms with E-state index >= 15 is 0 Å². The first-order chi connectivity index (χ1) is 9.00. The van der Waals surface area contributed by atoms with E-state index in [1.54, 1.807) is 0 Å². The summed E-state index contributed by atoms with van der Waals surface area (Å²) < 4.78 is 6.01. The third-order valence-corrected chi connectivity index (χ3v) is 4.53. The Morgan fingerprint density at radius 1 is 1.32 bits per heavy atom. The molecule has 1 saturated heterocycles. The largest absolute Gasteiger partial charge is 0.370 e. The monoisotopic (exact) mass is 268 g/mol. The van der Waals surface area contributed by atoms with E-state index in [1.807, 2.05) is 0 Å². The summed E-state index contributed by atoms with van der Waals surface area (Å²) in [5.41, 5.74) is 0.00407. The molecular weight excluding hydrogens is 236 g/mol. The first-order valence-corrected chi connectivity index (χ1v) is 8.14. The van der Waals surface area contributed by atoms with Crippen LogP contribution in [-0.2, 0) is 4.74 Å². The second kappa shape index (κ2) is 6.55. The van der Waals surface area contributed by atoms with E-state index in [0.29, 0.717) is 12.1 Å². The molecule has 3 nitrogen and oxygen atoms in total. The molecule has 2 aliphatic rings. The summed E-state index contributed by atoms with van der Waals surface area (Å²) in [5.74, 6) is 0.890. The number of nitrogens with one attached hydrogen (secondary N) is 1. The van der Waals surface area contributed by atoms with Crippen LogP contribution in [-0.4, -0.2) is 48.8 Å². The van der Waals surface area contributed by atoms with Crippen LogP contribution in [0.15, 0.2) is 0 Å². The van der Waals surface area contributed by atoms with Crippen molar-refractivity contribution < 1.29 is 4.74 Å². The molecule has 2 unspecified atom stereocenters. The molecule has 1 aliphatic carbocycles. The Labute approximate surface area is 119 Å². The van der Waals surface area contributed by atoms with Gasteiger partial charge in [0.25, 0.3) is 0 Å². The van der Waals surface area contributed by atoms with E-state index in [-0.39, 0.29) is 5.60 Å². The Morgan fingerprint density at radius 2 is 2.00 bits per heavy atom. The van der Waals surface area contributed by atoms with Crippen molar-refractivity contribution in [3.8, 4) is 0 Å². The average molecular weight is 268 g/mol. The molecular formula is C16H32N2O. The van der Waals surface area contributed by atoms with Crippen LogP contribution in [0.5, 0.6) is 0 Å². The highest BCUT2D eigenvalue weighted by atomic mass is 16.5. The average Bonchev–Trinajstić information content (AvgIpc) is 2.78. The van der Waals surface area contributed by atoms with Crippen molar-refractivity contribution in [3.63, 3.8) is 0 Å². The molecule has 2 rings (SSSR count). The van der Waals surface area contributed by atoms with Gasteiger partial charge < -0.3 is 10.1 Å². The molecule has 112 valence electrons. The van der Waals surface area contributed by atoms with Crippen LogP contribution >= 0.6 is 0 Å². The molecule has 0 bridgehead atoms. The molecule has 1 saturated carbocycles. The lowest BCUT2D eigenvalue weighted by molar-refractivity contribution is -0.130. The number of rotatable bonds is 5. The molecule has 0 radical (unpaired) electrons. The number of hydrogen-bond donors (Lipinski definition) is 1. The van der Waals surface area contributed by atoms with E-state index in [4.69, 9.17) is 4.74 Å². The summed E-state index contributed by atoms with van der Waals surface area (Å²) in [6.07, 6.45) is 6.05. The van der Waals surface area contributed by atoms with E-state index in [1.165, 1.54) is 32.2 Å². The Balaban J connectivity index is 1.92. The quantitative estimate of drug-likeness (QED) is 0.829. The SMILES string of the molecule is CCNC(CN1CC(C)OC(C)(C)C1)C1CCCC1. The maximum atomic E-state index is 6.01. The summed E-state index contributed by atoms with van der Waals surface area (Å²) in [6.45, 7) is 13.3. The third kappa shape index (κ3) is 4.44. The molecule has 1 heterocycles. The van der Waals surface area contributed by atoms with Crippen LogP contribution in [0.4, 0.5) is 0 Å². The first-order valence-electron chi connectivity index (χ1n) is 8.14. The highest BCUT2D eigenvalue weighted by Gasteiger charge is 2.34. The summed E-state index contributed by atoms with van der Waals surface area (Å²) in [6, 6.07) is 0.675. The van der Waals surface area contributed by atoms with Gasteiger partial charge in [0.05, 0.1) is 11.7 Å². The highest BCUT2D eigenvalue weighted by molar-refractivity contribution is 4.88. The molecule has 0 amide bonds. The molecule has 0 aromatic rings. The number of nitrogens with zero attached hydrogens (tertiary/aromatic N) is 1. The number of morpholine rings is 1. The molecule has 0 aromatic heterocycles. The molecule has 2 fully saturated rings. The van der Waals surface area contributed by atoms with Gasteiger partial charge in [-0.1, -0.05) is 19.8 Å². The molecule has 3 heteroatoms.